The van der Waals surface area contributed by atoms with Crippen LogP contribution < -0.4 is 25.8 Å². The third-order valence-electron chi connectivity index (χ3n) is 5.57. The number of hydrogen-bond acceptors (Lipinski definition) is 6. The van der Waals surface area contributed by atoms with E-state index >= 15 is 0 Å². The quantitative estimate of drug-likeness (QED) is 0.297. The van der Waals surface area contributed by atoms with Crippen LogP contribution in [0.15, 0.2) is 48.7 Å². The van der Waals surface area contributed by atoms with E-state index in [1.807, 2.05) is 6.92 Å². The van der Waals surface area contributed by atoms with Gasteiger partial charge in [-0.25, -0.2) is 4.79 Å². The highest BCUT2D eigenvalue weighted by Gasteiger charge is 2.18. The zero-order valence-corrected chi connectivity index (χ0v) is 20.7. The van der Waals surface area contributed by atoms with E-state index in [4.69, 9.17) is 15.2 Å². The summed E-state index contributed by atoms with van der Waals surface area (Å²) in [7, 11) is 1.46. The van der Waals surface area contributed by atoms with Crippen LogP contribution in [-0.2, 0) is 5.41 Å². The summed E-state index contributed by atoms with van der Waals surface area (Å²) in [6.45, 7) is 8.03. The second kappa shape index (κ2) is 9.57. The van der Waals surface area contributed by atoms with Crippen molar-refractivity contribution in [2.24, 2.45) is 5.73 Å². The Morgan fingerprint density at radius 1 is 1.00 bits per heavy atom. The number of hydrogen-bond donors (Lipinski definition) is 4. The molecule has 10 nitrogen and oxygen atoms in total. The number of primary amides is 1. The van der Waals surface area contributed by atoms with Crippen molar-refractivity contribution in [1.29, 1.82) is 0 Å². The minimum absolute atomic E-state index is 0.107. The second-order valence-corrected chi connectivity index (χ2v) is 9.32. The first-order valence-corrected chi connectivity index (χ1v) is 11.2. The van der Waals surface area contributed by atoms with E-state index in [2.05, 4.69) is 46.6 Å². The molecule has 0 radical (unpaired) electrons. The lowest BCUT2D eigenvalue weighted by atomic mass is 9.92. The molecule has 186 valence electrons. The molecule has 0 aliphatic heterocycles. The lowest BCUT2D eigenvalue weighted by Gasteiger charge is -2.14. The molecule has 0 saturated heterocycles. The van der Waals surface area contributed by atoms with Gasteiger partial charge in [-0.3, -0.25) is 20.2 Å². The summed E-state index contributed by atoms with van der Waals surface area (Å²) in [6, 6.07) is 11.6. The first-order valence-electron chi connectivity index (χ1n) is 11.2. The second-order valence-electron chi connectivity index (χ2n) is 9.32. The fourth-order valence-electron chi connectivity index (χ4n) is 3.61. The number of benzene rings is 2. The fraction of sp³-hybridized carbons (Fsp3) is 0.231. The molecule has 0 saturated carbocycles. The Kier molecular flexibility index (Phi) is 6.52. The number of rotatable bonds is 6. The first-order chi connectivity index (χ1) is 17.0. The van der Waals surface area contributed by atoms with Gasteiger partial charge in [0.25, 0.3) is 5.91 Å². The average molecular weight is 489 g/mol. The maximum atomic E-state index is 12.5. The molecule has 0 spiro atoms. The monoisotopic (exact) mass is 488 g/mol. The van der Waals surface area contributed by atoms with Crippen molar-refractivity contribution in [3.05, 3.63) is 65.5 Å². The maximum absolute atomic E-state index is 12.5. The Labute approximate surface area is 208 Å². The molecule has 0 fully saturated rings. The van der Waals surface area contributed by atoms with Crippen LogP contribution in [0.5, 0.6) is 17.2 Å². The van der Waals surface area contributed by atoms with Gasteiger partial charge < -0.3 is 20.5 Å². The lowest BCUT2D eigenvalue weighted by Crippen LogP contribution is -2.19. The van der Waals surface area contributed by atoms with E-state index in [9.17, 15) is 9.59 Å². The summed E-state index contributed by atoms with van der Waals surface area (Å²) in [5, 5.41) is 13.2. The van der Waals surface area contributed by atoms with Gasteiger partial charge in [0, 0.05) is 40.5 Å². The summed E-state index contributed by atoms with van der Waals surface area (Å²) in [6.07, 6.45) is 1.61. The molecule has 0 aliphatic rings. The van der Waals surface area contributed by atoms with Gasteiger partial charge in [-0.2, -0.15) is 5.10 Å². The fourth-order valence-corrected chi connectivity index (χ4v) is 3.61. The molecular formula is C26H28N6O4. The molecule has 0 bridgehead atoms. The van der Waals surface area contributed by atoms with E-state index in [-0.39, 0.29) is 11.0 Å². The SMILES string of the molecule is COc1cc2nccc(Oc3ccc(NC(=O)Nc4cc(C(C)(C)C)[nH]n4)cc3C)c2cc1C(N)=O. The van der Waals surface area contributed by atoms with Crippen molar-refractivity contribution in [2.75, 3.05) is 17.7 Å². The highest BCUT2D eigenvalue weighted by Crippen LogP contribution is 2.34. The largest absolute Gasteiger partial charge is 0.496 e. The highest BCUT2D eigenvalue weighted by molar-refractivity contribution is 6.01. The van der Waals surface area contributed by atoms with E-state index in [1.165, 1.54) is 7.11 Å². The number of amides is 3. The number of aromatic nitrogens is 3. The summed E-state index contributed by atoms with van der Waals surface area (Å²) in [5.74, 6) is 1.24. The van der Waals surface area contributed by atoms with Gasteiger partial charge in [0.1, 0.15) is 17.2 Å². The summed E-state index contributed by atoms with van der Waals surface area (Å²) >= 11 is 0. The Morgan fingerprint density at radius 2 is 1.78 bits per heavy atom. The number of nitrogens with zero attached hydrogens (tertiary/aromatic N) is 2. The molecule has 5 N–H and O–H groups in total. The number of nitrogens with one attached hydrogen (secondary N) is 3. The number of pyridine rings is 1. The summed E-state index contributed by atoms with van der Waals surface area (Å²) in [4.78, 5) is 28.7. The van der Waals surface area contributed by atoms with Crippen LogP contribution >= 0.6 is 0 Å². The molecule has 36 heavy (non-hydrogen) atoms. The van der Waals surface area contributed by atoms with Crippen LogP contribution in [-0.4, -0.2) is 34.2 Å². The number of ether oxygens (including phenoxy) is 2. The number of aromatic amines is 1. The smallest absolute Gasteiger partial charge is 0.324 e. The number of anilines is 2. The van der Waals surface area contributed by atoms with Crippen molar-refractivity contribution < 1.29 is 19.1 Å². The number of carbonyl (C=O) groups is 2. The average Bonchev–Trinajstić information content (AvgIpc) is 3.29. The van der Waals surface area contributed by atoms with Crippen molar-refractivity contribution in [3.63, 3.8) is 0 Å². The van der Waals surface area contributed by atoms with Gasteiger partial charge >= 0.3 is 6.03 Å². The van der Waals surface area contributed by atoms with Gasteiger partial charge in [-0.05, 0) is 42.8 Å². The van der Waals surface area contributed by atoms with E-state index in [0.29, 0.717) is 39.7 Å². The molecule has 10 heteroatoms. The van der Waals surface area contributed by atoms with Gasteiger partial charge in [0.15, 0.2) is 5.82 Å². The van der Waals surface area contributed by atoms with E-state index in [0.717, 1.165) is 11.3 Å². The van der Waals surface area contributed by atoms with Crippen LogP contribution in [0.1, 0.15) is 42.4 Å². The number of fused-ring (bicyclic) bond motifs is 1. The Hall–Kier alpha value is -4.60. The number of aryl methyl sites for hydroxylation is 1. The predicted molar refractivity (Wildman–Crippen MR) is 138 cm³/mol. The topological polar surface area (TPSA) is 144 Å². The lowest BCUT2D eigenvalue weighted by molar-refractivity contribution is 0.0997. The molecular weight excluding hydrogens is 460 g/mol. The number of urea groups is 1. The van der Waals surface area contributed by atoms with Crippen molar-refractivity contribution in [3.8, 4) is 17.2 Å². The zero-order valence-electron chi connectivity index (χ0n) is 20.7. The van der Waals surface area contributed by atoms with Crippen molar-refractivity contribution >= 4 is 34.3 Å². The highest BCUT2D eigenvalue weighted by atomic mass is 16.5. The normalized spacial score (nSPS) is 11.2. The maximum Gasteiger partial charge on any atom is 0.324 e. The van der Waals surface area contributed by atoms with Crippen LogP contribution in [0.2, 0.25) is 0 Å². The van der Waals surface area contributed by atoms with Gasteiger partial charge in [0.2, 0.25) is 0 Å². The van der Waals surface area contributed by atoms with Crippen molar-refractivity contribution in [2.45, 2.75) is 33.1 Å². The number of methoxy groups -OCH3 is 1. The molecule has 3 amide bonds. The third kappa shape index (κ3) is 5.22. The third-order valence-corrected chi connectivity index (χ3v) is 5.57. The summed E-state index contributed by atoms with van der Waals surface area (Å²) < 4.78 is 11.4. The molecule has 4 rings (SSSR count). The minimum Gasteiger partial charge on any atom is -0.496 e. The Bertz CT molecular complexity index is 1450. The Balaban J connectivity index is 1.51. The molecule has 0 aliphatic carbocycles. The van der Waals surface area contributed by atoms with E-state index in [1.54, 1.807) is 48.7 Å². The molecule has 2 heterocycles. The van der Waals surface area contributed by atoms with Crippen LogP contribution in [0, 0.1) is 6.92 Å². The summed E-state index contributed by atoms with van der Waals surface area (Å²) in [5.41, 5.74) is 8.52. The number of nitrogens with two attached hydrogens (primary N) is 1. The van der Waals surface area contributed by atoms with Gasteiger partial charge in [-0.1, -0.05) is 20.8 Å². The molecule has 4 aromatic rings. The molecule has 2 aromatic carbocycles. The standard InChI is InChI=1S/C26H28N6O4/c1-14-10-15(29-25(34)30-23-13-22(31-32-23)26(2,3)4)6-7-19(14)36-20-8-9-28-18-12-21(35-5)17(24(27)33)11-16(18)20/h6-13H,1-5H3,(H2,27,33)(H3,29,30,31,32,34). The zero-order chi connectivity index (χ0) is 26.0. The van der Waals surface area contributed by atoms with Crippen molar-refractivity contribution in [1.82, 2.24) is 15.2 Å². The minimum atomic E-state index is -0.613. The van der Waals surface area contributed by atoms with Crippen LogP contribution in [0.4, 0.5) is 16.3 Å². The molecule has 2 aromatic heterocycles. The van der Waals surface area contributed by atoms with Gasteiger partial charge in [-0.15, -0.1) is 0 Å². The Morgan fingerprint density at radius 3 is 2.42 bits per heavy atom. The molecule has 0 atom stereocenters. The molecule has 0 unspecified atom stereocenters. The predicted octanol–water partition coefficient (Wildman–Crippen LogP) is 5.11. The van der Waals surface area contributed by atoms with Crippen LogP contribution in [0.25, 0.3) is 10.9 Å². The first kappa shape index (κ1) is 24.5. The van der Waals surface area contributed by atoms with Gasteiger partial charge in [0.05, 0.1) is 18.2 Å². The van der Waals surface area contributed by atoms with E-state index < -0.39 is 11.9 Å². The van der Waals surface area contributed by atoms with Crippen LogP contribution in [0.3, 0.4) is 0 Å². The number of carbonyl (C=O) groups excluding carboxylic acids is 2. The number of H-pyrrole nitrogens is 1.